The van der Waals surface area contributed by atoms with Crippen molar-refractivity contribution >= 4 is 21.7 Å². The minimum absolute atomic E-state index is 0.0745. The van der Waals surface area contributed by atoms with E-state index in [4.69, 9.17) is 4.98 Å². The molecule has 5 nitrogen and oxygen atoms in total. The molecule has 0 atom stereocenters. The van der Waals surface area contributed by atoms with Crippen molar-refractivity contribution in [1.29, 1.82) is 0 Å². The molecule has 3 aromatic heterocycles. The molecule has 3 aromatic rings. The van der Waals surface area contributed by atoms with Crippen molar-refractivity contribution in [3.05, 3.63) is 38.2 Å². The number of fused-ring (bicyclic) bond motifs is 1. The Morgan fingerprint density at radius 1 is 1.23 bits per heavy atom. The van der Waals surface area contributed by atoms with Gasteiger partial charge in [-0.25, -0.2) is 4.98 Å². The summed E-state index contributed by atoms with van der Waals surface area (Å²) in [7, 11) is 4.08. The lowest BCUT2D eigenvalue weighted by atomic mass is 9.86. The summed E-state index contributed by atoms with van der Waals surface area (Å²) in [5.74, 6) is 0.932. The predicted octanol–water partition coefficient (Wildman–Crippen LogP) is 5.71. The van der Waals surface area contributed by atoms with Gasteiger partial charge in [0.2, 0.25) is 0 Å². The van der Waals surface area contributed by atoms with Gasteiger partial charge in [0.05, 0.1) is 10.7 Å². The molecule has 1 saturated carbocycles. The van der Waals surface area contributed by atoms with Crippen molar-refractivity contribution in [2.45, 2.75) is 78.2 Å². The van der Waals surface area contributed by atoms with Crippen LogP contribution in [0, 0.1) is 13.8 Å². The van der Waals surface area contributed by atoms with Crippen LogP contribution in [0.3, 0.4) is 0 Å². The van der Waals surface area contributed by atoms with Gasteiger partial charge in [0, 0.05) is 41.9 Å². The first-order valence-corrected chi connectivity index (χ1v) is 12.4. The zero-order valence-corrected chi connectivity index (χ0v) is 20.8. The zero-order valence-electron chi connectivity index (χ0n) is 20.0. The lowest BCUT2D eigenvalue weighted by molar-refractivity contribution is 0.190. The number of aromatic amines is 1. The van der Waals surface area contributed by atoms with Crippen LogP contribution in [0.15, 0.2) is 11.0 Å². The molecule has 0 amide bonds. The Morgan fingerprint density at radius 2 is 1.90 bits per heavy atom. The molecule has 1 aliphatic carbocycles. The van der Waals surface area contributed by atoms with Gasteiger partial charge in [0.25, 0.3) is 5.56 Å². The molecule has 0 radical (unpaired) electrons. The Labute approximate surface area is 189 Å². The maximum Gasteiger partial charge on any atom is 0.253 e. The molecule has 0 spiro atoms. The van der Waals surface area contributed by atoms with Gasteiger partial charge in [-0.2, -0.15) is 0 Å². The van der Waals surface area contributed by atoms with E-state index in [0.29, 0.717) is 11.8 Å². The summed E-state index contributed by atoms with van der Waals surface area (Å²) in [4.78, 5) is 24.9. The van der Waals surface area contributed by atoms with E-state index < -0.39 is 0 Å². The summed E-state index contributed by atoms with van der Waals surface area (Å²) >= 11 is 1.83. The highest BCUT2D eigenvalue weighted by atomic mass is 32.1. The number of hydrogen-bond donors (Lipinski definition) is 1. The first-order valence-electron chi connectivity index (χ1n) is 11.6. The van der Waals surface area contributed by atoms with Crippen LogP contribution in [-0.4, -0.2) is 39.1 Å². The molecule has 31 heavy (non-hydrogen) atoms. The molecule has 1 N–H and O–H groups in total. The monoisotopic (exact) mass is 440 g/mol. The highest BCUT2D eigenvalue weighted by Gasteiger charge is 2.28. The maximum atomic E-state index is 12.4. The molecule has 6 heteroatoms. The number of pyridine rings is 1. The topological polar surface area (TPSA) is 53.9 Å². The number of hydrogen-bond acceptors (Lipinski definition) is 4. The Hall–Kier alpha value is -1.92. The van der Waals surface area contributed by atoms with Gasteiger partial charge in [-0.05, 0) is 64.6 Å². The number of H-pyrrole nitrogens is 1. The molecule has 168 valence electrons. The van der Waals surface area contributed by atoms with Crippen molar-refractivity contribution in [3.8, 4) is 11.3 Å². The molecule has 0 unspecified atom stereocenters. The van der Waals surface area contributed by atoms with Gasteiger partial charge < -0.3 is 14.5 Å². The molecule has 0 bridgehead atoms. The average Bonchev–Trinajstić information content (AvgIpc) is 3.32. The summed E-state index contributed by atoms with van der Waals surface area (Å²) in [6, 6.07) is 0.722. The molecule has 3 heterocycles. The number of rotatable bonds is 5. The van der Waals surface area contributed by atoms with Crippen LogP contribution >= 0.6 is 11.3 Å². The second-order valence-corrected chi connectivity index (χ2v) is 10.6. The van der Waals surface area contributed by atoms with Gasteiger partial charge in [-0.15, -0.1) is 11.3 Å². The fourth-order valence-electron chi connectivity index (χ4n) is 5.10. The van der Waals surface area contributed by atoms with Crippen molar-refractivity contribution in [3.63, 3.8) is 0 Å². The lowest BCUT2D eigenvalue weighted by Gasteiger charge is -2.33. The van der Waals surface area contributed by atoms with E-state index in [0.717, 1.165) is 40.5 Å². The van der Waals surface area contributed by atoms with Crippen LogP contribution in [0.5, 0.6) is 0 Å². The predicted molar refractivity (Wildman–Crippen MR) is 132 cm³/mol. The second-order valence-electron chi connectivity index (χ2n) is 9.59. The summed E-state index contributed by atoms with van der Waals surface area (Å²) in [5, 5.41) is 1.29. The molecule has 0 saturated heterocycles. The SMILES string of the molecule is CCN(C)C1CCC(c2nc3c(C(C)C)c(-c4cn(C)c(=O)c(C)c4C)[nH]c3s2)CC1. The van der Waals surface area contributed by atoms with Crippen LogP contribution < -0.4 is 5.56 Å². The largest absolute Gasteiger partial charge is 0.345 e. The Kier molecular flexibility index (Phi) is 6.14. The first kappa shape index (κ1) is 22.3. The van der Waals surface area contributed by atoms with Crippen LogP contribution in [0.4, 0.5) is 0 Å². The highest BCUT2D eigenvalue weighted by molar-refractivity contribution is 7.18. The van der Waals surface area contributed by atoms with Gasteiger partial charge in [-0.3, -0.25) is 4.79 Å². The van der Waals surface area contributed by atoms with Gasteiger partial charge in [0.15, 0.2) is 0 Å². The fourth-order valence-corrected chi connectivity index (χ4v) is 6.26. The van der Waals surface area contributed by atoms with E-state index in [1.165, 1.54) is 41.1 Å². The standard InChI is InChI=1S/C25H36N4OS/c1-8-28(6)18-11-9-17(10-12-18)23-27-22-20(14(2)3)21(26-24(22)31-23)19-13-29(7)25(30)16(5)15(19)4/h13-14,17-18,26H,8-12H2,1-7H3. The Balaban J connectivity index is 1.71. The van der Waals surface area contributed by atoms with Crippen molar-refractivity contribution in [2.24, 2.45) is 7.05 Å². The van der Waals surface area contributed by atoms with E-state index >= 15 is 0 Å². The fraction of sp³-hybridized carbons (Fsp3) is 0.600. The Bertz CT molecular complexity index is 1140. The highest BCUT2D eigenvalue weighted by Crippen LogP contribution is 2.42. The third-order valence-electron chi connectivity index (χ3n) is 7.35. The smallest absolute Gasteiger partial charge is 0.253 e. The van der Waals surface area contributed by atoms with E-state index in [2.05, 4.69) is 44.6 Å². The first-order chi connectivity index (χ1) is 14.7. The number of thiazole rings is 1. The quantitative estimate of drug-likeness (QED) is 0.553. The summed E-state index contributed by atoms with van der Waals surface area (Å²) < 4.78 is 1.70. The van der Waals surface area contributed by atoms with Crippen LogP contribution in [0.2, 0.25) is 0 Å². The molecule has 1 fully saturated rings. The van der Waals surface area contributed by atoms with Crippen molar-refractivity contribution < 1.29 is 0 Å². The molecule has 0 aliphatic heterocycles. The molecular weight excluding hydrogens is 404 g/mol. The number of nitrogens with one attached hydrogen (secondary N) is 1. The normalized spacial score (nSPS) is 19.8. The summed E-state index contributed by atoms with van der Waals surface area (Å²) in [6.07, 6.45) is 6.96. The Morgan fingerprint density at radius 3 is 2.52 bits per heavy atom. The molecule has 4 rings (SSSR count). The van der Waals surface area contributed by atoms with Gasteiger partial charge >= 0.3 is 0 Å². The summed E-state index contributed by atoms with van der Waals surface area (Å²) in [5.41, 5.74) is 6.58. The number of nitrogens with zero attached hydrogens (tertiary/aromatic N) is 3. The van der Waals surface area contributed by atoms with Crippen LogP contribution in [-0.2, 0) is 7.05 Å². The van der Waals surface area contributed by atoms with Gasteiger partial charge in [-0.1, -0.05) is 20.8 Å². The van der Waals surface area contributed by atoms with E-state index in [9.17, 15) is 4.79 Å². The minimum Gasteiger partial charge on any atom is -0.345 e. The lowest BCUT2D eigenvalue weighted by Crippen LogP contribution is -2.34. The van der Waals surface area contributed by atoms with Gasteiger partial charge in [0.1, 0.15) is 10.3 Å². The summed E-state index contributed by atoms with van der Waals surface area (Å²) in [6.45, 7) is 11.8. The molecule has 1 aliphatic rings. The number of aromatic nitrogens is 3. The van der Waals surface area contributed by atoms with Crippen LogP contribution in [0.25, 0.3) is 21.6 Å². The third kappa shape index (κ3) is 3.89. The maximum absolute atomic E-state index is 12.4. The number of aryl methyl sites for hydroxylation is 1. The van der Waals surface area contributed by atoms with Crippen LogP contribution in [0.1, 0.15) is 80.0 Å². The third-order valence-corrected chi connectivity index (χ3v) is 8.49. The molecule has 0 aromatic carbocycles. The zero-order chi connectivity index (χ0) is 22.4. The second kappa shape index (κ2) is 8.55. The molecular formula is C25H36N4OS. The van der Waals surface area contributed by atoms with E-state index in [1.54, 1.807) is 4.57 Å². The van der Waals surface area contributed by atoms with E-state index in [1.807, 2.05) is 31.5 Å². The van der Waals surface area contributed by atoms with Crippen molar-refractivity contribution in [2.75, 3.05) is 13.6 Å². The van der Waals surface area contributed by atoms with E-state index in [-0.39, 0.29) is 5.56 Å². The minimum atomic E-state index is 0.0745. The average molecular weight is 441 g/mol. The van der Waals surface area contributed by atoms with Crippen molar-refractivity contribution in [1.82, 2.24) is 19.4 Å².